The Hall–Kier alpha value is -2.49. The topological polar surface area (TPSA) is 106 Å². The first-order valence-electron chi connectivity index (χ1n) is 6.71. The van der Waals surface area contributed by atoms with Crippen molar-refractivity contribution >= 4 is 21.7 Å². The molecule has 2 rings (SSSR count). The van der Waals surface area contributed by atoms with E-state index in [4.69, 9.17) is 0 Å². The van der Waals surface area contributed by atoms with Crippen LogP contribution < -0.4 is 10.0 Å². The highest BCUT2D eigenvalue weighted by Crippen LogP contribution is 2.04. The summed E-state index contributed by atoms with van der Waals surface area (Å²) in [5, 5.41) is 9.91. The summed E-state index contributed by atoms with van der Waals surface area (Å²) in [6.45, 7) is 0.257. The number of carbonyl (C=O) groups is 1. The number of rotatable bonds is 7. The summed E-state index contributed by atoms with van der Waals surface area (Å²) in [5.74, 6) is -0.584. The van der Waals surface area contributed by atoms with E-state index in [2.05, 4.69) is 20.4 Å². The van der Waals surface area contributed by atoms with Crippen molar-refractivity contribution in [3.8, 4) is 0 Å². The molecule has 1 heterocycles. The van der Waals surface area contributed by atoms with Crippen LogP contribution in [-0.2, 0) is 27.8 Å². The lowest BCUT2D eigenvalue weighted by Crippen LogP contribution is -2.29. The third kappa shape index (κ3) is 6.02. The van der Waals surface area contributed by atoms with Gasteiger partial charge in [0.2, 0.25) is 15.9 Å². The summed E-state index contributed by atoms with van der Waals surface area (Å²) in [6, 6.07) is 6.15. The van der Waals surface area contributed by atoms with Gasteiger partial charge in [0, 0.05) is 6.54 Å². The van der Waals surface area contributed by atoms with E-state index in [1.807, 2.05) is 0 Å². The molecule has 0 saturated heterocycles. The minimum absolute atomic E-state index is 0.0417. The van der Waals surface area contributed by atoms with Gasteiger partial charge in [-0.25, -0.2) is 17.5 Å². The van der Waals surface area contributed by atoms with E-state index in [1.54, 1.807) is 12.1 Å². The molecule has 8 nitrogen and oxygen atoms in total. The number of anilines is 1. The van der Waals surface area contributed by atoms with Gasteiger partial charge in [-0.15, -0.1) is 5.10 Å². The zero-order valence-corrected chi connectivity index (χ0v) is 13.2. The van der Waals surface area contributed by atoms with Crippen molar-refractivity contribution in [2.75, 3.05) is 17.5 Å². The average molecular weight is 341 g/mol. The Balaban J connectivity index is 1.79. The molecule has 0 aliphatic rings. The second-order valence-corrected chi connectivity index (χ2v) is 6.65. The second kappa shape index (κ2) is 7.18. The summed E-state index contributed by atoms with van der Waals surface area (Å²) < 4.78 is 38.5. The number of nitrogens with zero attached hydrogens (tertiary/aromatic N) is 3. The van der Waals surface area contributed by atoms with Crippen molar-refractivity contribution in [2.24, 2.45) is 0 Å². The Labute approximate surface area is 132 Å². The van der Waals surface area contributed by atoms with Crippen LogP contribution in [0.15, 0.2) is 30.5 Å². The van der Waals surface area contributed by atoms with Crippen molar-refractivity contribution in [1.82, 2.24) is 20.3 Å². The number of sulfonamides is 1. The molecule has 1 amide bonds. The number of aromatic nitrogens is 3. The van der Waals surface area contributed by atoms with Gasteiger partial charge < -0.3 is 5.32 Å². The fourth-order valence-corrected chi connectivity index (χ4v) is 2.33. The second-order valence-electron chi connectivity index (χ2n) is 4.91. The van der Waals surface area contributed by atoms with Gasteiger partial charge in [-0.1, -0.05) is 17.3 Å². The highest BCUT2D eigenvalue weighted by Gasteiger charge is 2.08. The third-order valence-corrected chi connectivity index (χ3v) is 3.34. The van der Waals surface area contributed by atoms with Crippen molar-refractivity contribution in [2.45, 2.75) is 13.0 Å². The maximum Gasteiger partial charge on any atom is 0.241 e. The predicted octanol–water partition coefficient (Wildman–Crippen LogP) is 0.148. The number of benzene rings is 1. The minimum Gasteiger partial charge on any atom is -0.354 e. The predicted molar refractivity (Wildman–Crippen MR) is 81.6 cm³/mol. The molecule has 23 heavy (non-hydrogen) atoms. The van der Waals surface area contributed by atoms with Gasteiger partial charge in [0.05, 0.1) is 12.5 Å². The minimum atomic E-state index is -3.44. The maximum atomic E-state index is 13.0. The van der Waals surface area contributed by atoms with Crippen molar-refractivity contribution in [1.29, 1.82) is 0 Å². The van der Waals surface area contributed by atoms with E-state index in [0.717, 1.165) is 11.8 Å². The summed E-state index contributed by atoms with van der Waals surface area (Å²) in [7, 11) is -3.44. The number of hydrogen-bond donors (Lipinski definition) is 2. The third-order valence-electron chi connectivity index (χ3n) is 2.76. The van der Waals surface area contributed by atoms with Crippen molar-refractivity contribution in [3.63, 3.8) is 0 Å². The monoisotopic (exact) mass is 341 g/mol. The fourth-order valence-electron chi connectivity index (χ4n) is 1.85. The largest absolute Gasteiger partial charge is 0.354 e. The number of amides is 1. The standard InChI is InChI=1S/C13H16FN5O3S/c1-23(21,22)17-12-8-19(18-16-12)9-13(20)15-6-5-10-3-2-4-11(14)7-10/h2-4,7-8,17H,5-6,9H2,1H3,(H,15,20). The zero-order chi connectivity index (χ0) is 16.9. The van der Waals surface area contributed by atoms with Crippen LogP contribution in [0, 0.1) is 5.82 Å². The van der Waals surface area contributed by atoms with Gasteiger partial charge in [-0.2, -0.15) is 0 Å². The maximum absolute atomic E-state index is 13.0. The van der Waals surface area contributed by atoms with Crippen LogP contribution in [-0.4, -0.2) is 42.1 Å². The molecule has 124 valence electrons. The molecular weight excluding hydrogens is 325 g/mol. The number of halogens is 1. The van der Waals surface area contributed by atoms with Crippen LogP contribution in [0.4, 0.5) is 10.2 Å². The Morgan fingerprint density at radius 3 is 2.87 bits per heavy atom. The molecule has 0 saturated carbocycles. The Kier molecular flexibility index (Phi) is 5.27. The van der Waals surface area contributed by atoms with E-state index in [9.17, 15) is 17.6 Å². The molecule has 0 unspecified atom stereocenters. The van der Waals surface area contributed by atoms with Gasteiger partial charge in [-0.05, 0) is 24.1 Å². The highest BCUT2D eigenvalue weighted by atomic mass is 32.2. The van der Waals surface area contributed by atoms with E-state index in [0.29, 0.717) is 13.0 Å². The van der Waals surface area contributed by atoms with Crippen LogP contribution in [0.3, 0.4) is 0 Å². The van der Waals surface area contributed by atoms with Gasteiger partial charge >= 0.3 is 0 Å². The van der Waals surface area contributed by atoms with Crippen LogP contribution >= 0.6 is 0 Å². The molecule has 0 atom stereocenters. The van der Waals surface area contributed by atoms with Crippen molar-refractivity contribution in [3.05, 3.63) is 41.8 Å². The fraction of sp³-hybridized carbons (Fsp3) is 0.308. The van der Waals surface area contributed by atoms with Crippen LogP contribution in [0.2, 0.25) is 0 Å². The molecular formula is C13H16FN5O3S. The van der Waals surface area contributed by atoms with Crippen LogP contribution in [0.5, 0.6) is 0 Å². The summed E-state index contributed by atoms with van der Waals surface area (Å²) in [4.78, 5) is 11.8. The first-order valence-corrected chi connectivity index (χ1v) is 8.60. The molecule has 1 aromatic carbocycles. The lowest BCUT2D eigenvalue weighted by atomic mass is 10.1. The molecule has 10 heteroatoms. The quantitative estimate of drug-likeness (QED) is 0.745. The molecule has 0 fully saturated rings. The molecule has 2 aromatic rings. The first-order chi connectivity index (χ1) is 10.8. The Bertz CT molecular complexity index is 790. The smallest absolute Gasteiger partial charge is 0.241 e. The van der Waals surface area contributed by atoms with Crippen LogP contribution in [0.25, 0.3) is 0 Å². The van der Waals surface area contributed by atoms with E-state index < -0.39 is 10.0 Å². The van der Waals surface area contributed by atoms with Gasteiger partial charge in [0.15, 0.2) is 5.82 Å². The molecule has 0 bridgehead atoms. The normalized spacial score (nSPS) is 11.2. The summed E-state index contributed by atoms with van der Waals surface area (Å²) >= 11 is 0. The number of hydrogen-bond acceptors (Lipinski definition) is 5. The summed E-state index contributed by atoms with van der Waals surface area (Å²) in [5.41, 5.74) is 0.783. The van der Waals surface area contributed by atoms with Crippen LogP contribution in [0.1, 0.15) is 5.56 Å². The molecule has 0 aliphatic carbocycles. The van der Waals surface area contributed by atoms with Gasteiger partial charge in [0.25, 0.3) is 0 Å². The molecule has 2 N–H and O–H groups in total. The lowest BCUT2D eigenvalue weighted by Gasteiger charge is -2.05. The lowest BCUT2D eigenvalue weighted by molar-refractivity contribution is -0.121. The van der Waals surface area contributed by atoms with Crippen molar-refractivity contribution < 1.29 is 17.6 Å². The molecule has 1 aromatic heterocycles. The van der Waals surface area contributed by atoms with E-state index in [-0.39, 0.29) is 24.1 Å². The highest BCUT2D eigenvalue weighted by molar-refractivity contribution is 7.92. The molecule has 0 aliphatic heterocycles. The Morgan fingerprint density at radius 1 is 1.39 bits per heavy atom. The number of carbonyl (C=O) groups excluding carboxylic acids is 1. The van der Waals surface area contributed by atoms with E-state index >= 15 is 0 Å². The SMILES string of the molecule is CS(=O)(=O)Nc1cn(CC(=O)NCCc2cccc(F)c2)nn1. The number of nitrogens with one attached hydrogen (secondary N) is 2. The molecule has 0 spiro atoms. The first kappa shape index (κ1) is 16.9. The van der Waals surface area contributed by atoms with Gasteiger partial charge in [0.1, 0.15) is 12.4 Å². The summed E-state index contributed by atoms with van der Waals surface area (Å²) in [6.07, 6.45) is 2.81. The Morgan fingerprint density at radius 2 is 2.17 bits per heavy atom. The van der Waals surface area contributed by atoms with E-state index in [1.165, 1.54) is 23.0 Å². The molecule has 0 radical (unpaired) electrons. The zero-order valence-electron chi connectivity index (χ0n) is 12.4. The average Bonchev–Trinajstić information content (AvgIpc) is 2.83. The van der Waals surface area contributed by atoms with Gasteiger partial charge in [-0.3, -0.25) is 9.52 Å².